The van der Waals surface area contributed by atoms with Crippen LogP contribution >= 0.6 is 0 Å². The Balaban J connectivity index is 1.70. The smallest absolute Gasteiger partial charge is 0.250 e. The molecule has 0 radical (unpaired) electrons. The first-order chi connectivity index (χ1) is 11.3. The van der Waals surface area contributed by atoms with Crippen LogP contribution in [-0.2, 0) is 10.0 Å². The summed E-state index contributed by atoms with van der Waals surface area (Å²) in [6.45, 7) is 1.28. The predicted octanol–water partition coefficient (Wildman–Crippen LogP) is 2.05. The maximum Gasteiger partial charge on any atom is 0.250 e. The van der Waals surface area contributed by atoms with Crippen LogP contribution < -0.4 is 0 Å². The molecule has 8 heteroatoms. The van der Waals surface area contributed by atoms with E-state index in [4.69, 9.17) is 5.26 Å². The van der Waals surface area contributed by atoms with E-state index < -0.39 is 15.9 Å². The van der Waals surface area contributed by atoms with E-state index in [1.54, 1.807) is 12.1 Å². The summed E-state index contributed by atoms with van der Waals surface area (Å²) >= 11 is 0. The summed E-state index contributed by atoms with van der Waals surface area (Å²) in [4.78, 5) is 2.07. The molecule has 1 atom stereocenters. The van der Waals surface area contributed by atoms with Gasteiger partial charge in [-0.05, 0) is 24.6 Å². The second-order valence-corrected chi connectivity index (χ2v) is 8.28. The maximum absolute atomic E-state index is 13.3. The number of halogens is 2. The van der Waals surface area contributed by atoms with Gasteiger partial charge in [-0.25, -0.2) is 17.2 Å². The minimum Gasteiger partial charge on any atom is -0.299 e. The number of rotatable bonds is 3. The van der Waals surface area contributed by atoms with E-state index in [1.807, 2.05) is 11.0 Å². The molecule has 24 heavy (non-hydrogen) atoms. The van der Waals surface area contributed by atoms with Gasteiger partial charge < -0.3 is 0 Å². The molecular formula is C16H19F2N3O2S. The molecule has 1 aromatic rings. The fraction of sp³-hybridized carbons (Fsp3) is 0.562. The summed E-state index contributed by atoms with van der Waals surface area (Å²) < 4.78 is 53.3. The predicted molar refractivity (Wildman–Crippen MR) is 84.1 cm³/mol. The Hall–Kier alpha value is -1.56. The highest BCUT2D eigenvalue weighted by Crippen LogP contribution is 2.31. The minimum atomic E-state index is -3.66. The standard InChI is InChI=1S/C16H19F2N3O2S/c17-16(18)5-8-20(9-6-16)14-4-7-21(12-14)24(22,23)15-3-1-2-13(10-15)11-19/h1-3,10,14H,4-9,12H2. The SMILES string of the molecule is N#Cc1cccc(S(=O)(=O)N2CCC(N3CCC(F)(F)CC3)C2)c1. The van der Waals surface area contributed by atoms with E-state index in [1.165, 1.54) is 16.4 Å². The Morgan fingerprint density at radius 2 is 1.92 bits per heavy atom. The zero-order valence-electron chi connectivity index (χ0n) is 13.2. The zero-order chi connectivity index (χ0) is 17.4. The fourth-order valence-electron chi connectivity index (χ4n) is 3.32. The van der Waals surface area contributed by atoms with Gasteiger partial charge in [0.1, 0.15) is 0 Å². The van der Waals surface area contributed by atoms with E-state index in [2.05, 4.69) is 0 Å². The van der Waals surface area contributed by atoms with Crippen molar-refractivity contribution in [3.8, 4) is 6.07 Å². The van der Waals surface area contributed by atoms with Crippen LogP contribution in [-0.4, -0.2) is 55.8 Å². The van der Waals surface area contributed by atoms with Gasteiger partial charge in [0.25, 0.3) is 5.92 Å². The molecule has 0 aromatic heterocycles. The number of hydrogen-bond donors (Lipinski definition) is 0. The molecule has 2 aliphatic heterocycles. The molecule has 3 rings (SSSR count). The van der Waals surface area contributed by atoms with Gasteiger partial charge in [-0.2, -0.15) is 9.57 Å². The molecule has 0 amide bonds. The molecule has 0 N–H and O–H groups in total. The van der Waals surface area contributed by atoms with Crippen molar-refractivity contribution in [2.24, 2.45) is 0 Å². The average molecular weight is 355 g/mol. The van der Waals surface area contributed by atoms with Crippen LogP contribution in [0.2, 0.25) is 0 Å². The molecule has 2 fully saturated rings. The summed E-state index contributed by atoms with van der Waals surface area (Å²) in [5.41, 5.74) is 0.296. The third-order valence-corrected chi connectivity index (χ3v) is 6.63. The number of sulfonamides is 1. The van der Waals surface area contributed by atoms with Crippen molar-refractivity contribution in [1.29, 1.82) is 5.26 Å². The monoisotopic (exact) mass is 355 g/mol. The fourth-order valence-corrected chi connectivity index (χ4v) is 4.86. The number of nitrogens with zero attached hydrogens (tertiary/aromatic N) is 3. The van der Waals surface area contributed by atoms with Gasteiger partial charge in [0, 0.05) is 45.1 Å². The van der Waals surface area contributed by atoms with Crippen LogP contribution in [0.25, 0.3) is 0 Å². The number of likely N-dealkylation sites (tertiary alicyclic amines) is 1. The first kappa shape index (κ1) is 17.3. The first-order valence-electron chi connectivity index (χ1n) is 7.94. The van der Waals surface area contributed by atoms with E-state index in [-0.39, 0.29) is 23.8 Å². The second kappa shape index (κ2) is 6.39. The summed E-state index contributed by atoms with van der Waals surface area (Å²) in [7, 11) is -3.66. The van der Waals surface area contributed by atoms with Crippen molar-refractivity contribution in [3.63, 3.8) is 0 Å². The average Bonchev–Trinajstić information content (AvgIpc) is 3.05. The van der Waals surface area contributed by atoms with Crippen LogP contribution in [0.1, 0.15) is 24.8 Å². The zero-order valence-corrected chi connectivity index (χ0v) is 14.0. The lowest BCUT2D eigenvalue weighted by molar-refractivity contribution is -0.0618. The summed E-state index contributed by atoms with van der Waals surface area (Å²) in [5.74, 6) is -2.60. The lowest BCUT2D eigenvalue weighted by Gasteiger charge is -2.35. The number of nitriles is 1. The molecule has 2 saturated heterocycles. The van der Waals surface area contributed by atoms with Gasteiger partial charge in [-0.1, -0.05) is 6.07 Å². The number of benzene rings is 1. The highest BCUT2D eigenvalue weighted by Gasteiger charge is 2.40. The molecule has 2 aliphatic rings. The number of piperidine rings is 1. The molecule has 0 saturated carbocycles. The van der Waals surface area contributed by atoms with Crippen molar-refractivity contribution < 1.29 is 17.2 Å². The van der Waals surface area contributed by atoms with Crippen molar-refractivity contribution in [1.82, 2.24) is 9.21 Å². The molecule has 1 aromatic carbocycles. The molecule has 1 unspecified atom stereocenters. The summed E-state index contributed by atoms with van der Waals surface area (Å²) in [6.07, 6.45) is 0.309. The Morgan fingerprint density at radius 1 is 1.21 bits per heavy atom. The highest BCUT2D eigenvalue weighted by atomic mass is 32.2. The van der Waals surface area contributed by atoms with Gasteiger partial charge in [0.2, 0.25) is 10.0 Å². The van der Waals surface area contributed by atoms with E-state index in [0.29, 0.717) is 38.2 Å². The molecule has 5 nitrogen and oxygen atoms in total. The van der Waals surface area contributed by atoms with Crippen molar-refractivity contribution in [2.45, 2.75) is 36.1 Å². The van der Waals surface area contributed by atoms with Gasteiger partial charge in [-0.3, -0.25) is 4.90 Å². The molecule has 0 aliphatic carbocycles. The van der Waals surface area contributed by atoms with Gasteiger partial charge in [0.05, 0.1) is 16.5 Å². The molecule has 130 valence electrons. The normalized spacial score (nSPS) is 25.5. The van der Waals surface area contributed by atoms with Crippen LogP contribution in [0.15, 0.2) is 29.2 Å². The molecular weight excluding hydrogens is 336 g/mol. The summed E-state index contributed by atoms with van der Waals surface area (Å²) in [6, 6.07) is 7.86. The van der Waals surface area contributed by atoms with Crippen LogP contribution in [0.4, 0.5) is 8.78 Å². The summed E-state index contributed by atoms with van der Waals surface area (Å²) in [5, 5.41) is 8.92. The Kier molecular flexibility index (Phi) is 4.60. The lowest BCUT2D eigenvalue weighted by Crippen LogP contribution is -2.46. The molecule has 0 spiro atoms. The van der Waals surface area contributed by atoms with Crippen LogP contribution in [0, 0.1) is 11.3 Å². The minimum absolute atomic E-state index is 0.0185. The lowest BCUT2D eigenvalue weighted by atomic mass is 10.0. The quantitative estimate of drug-likeness (QED) is 0.832. The molecule has 2 heterocycles. The first-order valence-corrected chi connectivity index (χ1v) is 9.38. The third kappa shape index (κ3) is 3.43. The van der Waals surface area contributed by atoms with E-state index in [0.717, 1.165) is 0 Å². The van der Waals surface area contributed by atoms with Crippen molar-refractivity contribution >= 4 is 10.0 Å². The van der Waals surface area contributed by atoms with Crippen LogP contribution in [0.5, 0.6) is 0 Å². The highest BCUT2D eigenvalue weighted by molar-refractivity contribution is 7.89. The second-order valence-electron chi connectivity index (χ2n) is 6.34. The Labute approximate surface area is 140 Å². The van der Waals surface area contributed by atoms with E-state index in [9.17, 15) is 17.2 Å². The van der Waals surface area contributed by atoms with Crippen LogP contribution in [0.3, 0.4) is 0 Å². The largest absolute Gasteiger partial charge is 0.299 e. The Bertz CT molecular complexity index is 751. The van der Waals surface area contributed by atoms with E-state index >= 15 is 0 Å². The molecule has 0 bridgehead atoms. The van der Waals surface area contributed by atoms with Crippen molar-refractivity contribution in [3.05, 3.63) is 29.8 Å². The van der Waals surface area contributed by atoms with Gasteiger partial charge in [0.15, 0.2) is 0 Å². The van der Waals surface area contributed by atoms with Crippen molar-refractivity contribution in [2.75, 3.05) is 26.2 Å². The maximum atomic E-state index is 13.3. The Morgan fingerprint density at radius 3 is 2.58 bits per heavy atom. The number of alkyl halides is 2. The van der Waals surface area contributed by atoms with Gasteiger partial charge >= 0.3 is 0 Å². The topological polar surface area (TPSA) is 64.4 Å². The third-order valence-electron chi connectivity index (χ3n) is 4.77. The van der Waals surface area contributed by atoms with Gasteiger partial charge in [-0.15, -0.1) is 0 Å². The number of hydrogen-bond acceptors (Lipinski definition) is 4.